The Balaban J connectivity index is 2.61. The second-order valence-electron chi connectivity index (χ2n) is 2.41. The van der Waals surface area contributed by atoms with Crippen LogP contribution in [-0.4, -0.2) is 14.1 Å². The van der Waals surface area contributed by atoms with Gasteiger partial charge < -0.3 is 0 Å². The smallest absolute Gasteiger partial charge is 0.0439 e. The third kappa shape index (κ3) is 0.614. The molecule has 1 heterocycles. The molecular formula is C8H8Si. The second kappa shape index (κ2) is 1.64. The molecule has 9 heavy (non-hydrogen) atoms. The van der Waals surface area contributed by atoms with E-state index in [2.05, 4.69) is 36.5 Å². The third-order valence-corrected chi connectivity index (χ3v) is 3.81. The second-order valence-corrected chi connectivity index (χ2v) is 4.61. The Hall–Kier alpha value is -0.693. The topological polar surface area (TPSA) is 0 Å². The van der Waals surface area contributed by atoms with E-state index < -0.39 is 0 Å². The van der Waals surface area contributed by atoms with Crippen molar-refractivity contribution in [3.05, 3.63) is 29.8 Å². The first-order valence-corrected chi connectivity index (χ1v) is 5.23. The van der Waals surface area contributed by atoms with Gasteiger partial charge in [0.1, 0.15) is 0 Å². The number of benzene rings is 1. The van der Waals surface area contributed by atoms with E-state index in [9.17, 15) is 0 Å². The van der Waals surface area contributed by atoms with Crippen molar-refractivity contribution >= 4 is 19.3 Å². The molecule has 0 nitrogen and oxygen atoms in total. The third-order valence-electron chi connectivity index (χ3n) is 1.76. The first-order valence-electron chi connectivity index (χ1n) is 3.15. The Morgan fingerprint density at radius 1 is 1.22 bits per heavy atom. The SMILES string of the molecule is C[Si]1=Cc2ccccc21. The lowest BCUT2D eigenvalue weighted by Crippen LogP contribution is -2.34. The predicted octanol–water partition coefficient (Wildman–Crippen LogP) is 0.764. The summed E-state index contributed by atoms with van der Waals surface area (Å²) in [5.41, 5.74) is 3.86. The fraction of sp³-hybridized carbons (Fsp3) is 0.125. The van der Waals surface area contributed by atoms with Crippen molar-refractivity contribution in [1.29, 1.82) is 0 Å². The number of fused-ring (bicyclic) bond motifs is 1. The van der Waals surface area contributed by atoms with Crippen LogP contribution in [0.4, 0.5) is 0 Å². The largest absolute Gasteiger partial charge is 0.0700 e. The molecule has 0 saturated heterocycles. The molecule has 0 saturated carbocycles. The fourth-order valence-electron chi connectivity index (χ4n) is 1.22. The Bertz CT molecular complexity index is 274. The Morgan fingerprint density at radius 3 is 2.56 bits per heavy atom. The molecule has 1 aliphatic rings. The van der Waals surface area contributed by atoms with Gasteiger partial charge in [0, 0.05) is 8.41 Å². The van der Waals surface area contributed by atoms with Gasteiger partial charge in [-0.15, -0.1) is 0 Å². The normalized spacial score (nSPS) is 13.7. The van der Waals surface area contributed by atoms with E-state index in [1.807, 2.05) is 0 Å². The van der Waals surface area contributed by atoms with Crippen LogP contribution in [0.5, 0.6) is 0 Å². The van der Waals surface area contributed by atoms with Gasteiger partial charge in [-0.3, -0.25) is 0 Å². The molecule has 44 valence electrons. The van der Waals surface area contributed by atoms with E-state index in [4.69, 9.17) is 0 Å². The first kappa shape index (κ1) is 5.12. The van der Waals surface area contributed by atoms with Crippen LogP contribution < -0.4 is 5.19 Å². The molecular weight excluding hydrogens is 124 g/mol. The van der Waals surface area contributed by atoms with E-state index in [0.29, 0.717) is 0 Å². The van der Waals surface area contributed by atoms with E-state index in [1.54, 1.807) is 5.19 Å². The molecule has 0 unspecified atom stereocenters. The zero-order chi connectivity index (χ0) is 6.27. The van der Waals surface area contributed by atoms with Crippen LogP contribution in [0.3, 0.4) is 0 Å². The van der Waals surface area contributed by atoms with Crippen LogP contribution in [-0.2, 0) is 0 Å². The standard InChI is InChI=1S/C8H8Si/c1-9-6-7-4-2-3-5-8(7)9/h2-6H,1H3. The minimum atomic E-state index is -0.175. The quantitative estimate of drug-likeness (QED) is 0.457. The highest BCUT2D eigenvalue weighted by Gasteiger charge is 2.09. The fourth-order valence-corrected chi connectivity index (χ4v) is 2.83. The highest BCUT2D eigenvalue weighted by molar-refractivity contribution is 6.86. The van der Waals surface area contributed by atoms with E-state index >= 15 is 0 Å². The van der Waals surface area contributed by atoms with Crippen LogP contribution >= 0.6 is 0 Å². The van der Waals surface area contributed by atoms with Gasteiger partial charge >= 0.3 is 0 Å². The first-order chi connectivity index (χ1) is 4.38. The van der Waals surface area contributed by atoms with Crippen molar-refractivity contribution in [3.8, 4) is 0 Å². The summed E-state index contributed by atoms with van der Waals surface area (Å²) in [4.78, 5) is 0. The monoisotopic (exact) mass is 132 g/mol. The molecule has 1 aliphatic heterocycles. The molecule has 0 bridgehead atoms. The van der Waals surface area contributed by atoms with Gasteiger partial charge in [0.15, 0.2) is 0 Å². The Labute approximate surface area is 56.4 Å². The van der Waals surface area contributed by atoms with Gasteiger partial charge in [-0.1, -0.05) is 36.5 Å². The maximum Gasteiger partial charge on any atom is 0.0439 e. The molecule has 0 fully saturated rings. The van der Waals surface area contributed by atoms with Crippen molar-refractivity contribution in [3.63, 3.8) is 0 Å². The summed E-state index contributed by atoms with van der Waals surface area (Å²) in [7, 11) is -0.175. The number of hydrogen-bond donors (Lipinski definition) is 0. The van der Waals surface area contributed by atoms with Crippen molar-refractivity contribution in [2.24, 2.45) is 0 Å². The molecule has 0 aromatic heterocycles. The molecule has 0 aliphatic carbocycles. The summed E-state index contributed by atoms with van der Waals surface area (Å²) in [6.07, 6.45) is 0. The van der Waals surface area contributed by atoms with Crippen molar-refractivity contribution in [1.82, 2.24) is 0 Å². The van der Waals surface area contributed by atoms with E-state index in [-0.39, 0.29) is 8.41 Å². The van der Waals surface area contributed by atoms with E-state index in [0.717, 1.165) is 0 Å². The molecule has 1 heteroatoms. The summed E-state index contributed by atoms with van der Waals surface area (Å²) in [5.74, 6) is 0. The molecule has 2 rings (SSSR count). The Morgan fingerprint density at radius 2 is 2.00 bits per heavy atom. The average molecular weight is 132 g/mol. The van der Waals surface area contributed by atoms with Crippen molar-refractivity contribution in [2.75, 3.05) is 0 Å². The van der Waals surface area contributed by atoms with Gasteiger partial charge in [0.05, 0.1) is 0 Å². The van der Waals surface area contributed by atoms with Gasteiger partial charge in [-0.25, -0.2) is 0 Å². The minimum absolute atomic E-state index is 0.175. The molecule has 0 radical (unpaired) electrons. The molecule has 1 aromatic carbocycles. The number of rotatable bonds is 0. The minimum Gasteiger partial charge on any atom is -0.0700 e. The number of hydrogen-bond acceptors (Lipinski definition) is 0. The molecule has 1 aromatic rings. The Kier molecular flexibility index (Phi) is 0.934. The van der Waals surface area contributed by atoms with Crippen LogP contribution in [0.15, 0.2) is 24.3 Å². The highest BCUT2D eigenvalue weighted by atomic mass is 28.2. The predicted molar refractivity (Wildman–Crippen MR) is 42.9 cm³/mol. The average Bonchev–Trinajstić information content (AvgIpc) is 1.86. The summed E-state index contributed by atoms with van der Waals surface area (Å²) in [6.45, 7) is 2.33. The molecule has 0 amide bonds. The summed E-state index contributed by atoms with van der Waals surface area (Å²) in [6, 6.07) is 8.65. The van der Waals surface area contributed by atoms with Crippen LogP contribution in [0.25, 0.3) is 0 Å². The van der Waals surface area contributed by atoms with Gasteiger partial charge in [-0.2, -0.15) is 0 Å². The highest BCUT2D eigenvalue weighted by Crippen LogP contribution is 1.99. The maximum atomic E-state index is 2.39. The van der Waals surface area contributed by atoms with Crippen LogP contribution in [0.1, 0.15) is 5.56 Å². The molecule has 0 N–H and O–H groups in total. The lowest BCUT2D eigenvalue weighted by Gasteiger charge is -2.14. The van der Waals surface area contributed by atoms with Gasteiger partial charge in [0.25, 0.3) is 0 Å². The zero-order valence-corrected chi connectivity index (χ0v) is 6.39. The van der Waals surface area contributed by atoms with Gasteiger partial charge in [-0.05, 0) is 10.8 Å². The lowest BCUT2D eigenvalue weighted by molar-refractivity contribution is 1.71. The van der Waals surface area contributed by atoms with Gasteiger partial charge in [0.2, 0.25) is 0 Å². The summed E-state index contributed by atoms with van der Waals surface area (Å²) >= 11 is 0. The van der Waals surface area contributed by atoms with Crippen LogP contribution in [0, 0.1) is 0 Å². The molecule has 0 atom stereocenters. The van der Waals surface area contributed by atoms with Crippen molar-refractivity contribution in [2.45, 2.75) is 6.55 Å². The maximum absolute atomic E-state index is 2.39. The van der Waals surface area contributed by atoms with Crippen molar-refractivity contribution < 1.29 is 0 Å². The van der Waals surface area contributed by atoms with E-state index in [1.165, 1.54) is 5.56 Å². The lowest BCUT2D eigenvalue weighted by atomic mass is 10.2. The summed E-state index contributed by atoms with van der Waals surface area (Å²) < 4.78 is 0. The molecule has 0 spiro atoms. The summed E-state index contributed by atoms with van der Waals surface area (Å²) in [5, 5.41) is 1.60. The zero-order valence-electron chi connectivity index (χ0n) is 5.39. The van der Waals surface area contributed by atoms with Crippen LogP contribution in [0.2, 0.25) is 6.55 Å².